The number of amides is 2. The van der Waals surface area contributed by atoms with Crippen LogP contribution in [0.3, 0.4) is 0 Å². The monoisotopic (exact) mass is 387 g/mol. The number of aryl methyl sites for hydroxylation is 2. The third-order valence-corrected chi connectivity index (χ3v) is 5.13. The van der Waals surface area contributed by atoms with Crippen molar-refractivity contribution in [3.63, 3.8) is 0 Å². The number of nitrogens with one attached hydrogen (secondary N) is 2. The standard InChI is InChI=1S/C17H17N5O4S/c1-10-8-11(2)19-17(18-10)21-27(25,26)13-6-4-12(5-7-13)20-14-9-15(23)22(3)16(14)24/h4-9,20H,1-3H3,(H,18,19,21). The van der Waals surface area contributed by atoms with Gasteiger partial charge in [-0.15, -0.1) is 0 Å². The predicted octanol–water partition coefficient (Wildman–Crippen LogP) is 1.19. The summed E-state index contributed by atoms with van der Waals surface area (Å²) >= 11 is 0. The van der Waals surface area contributed by atoms with Crippen LogP contribution in [-0.2, 0) is 19.6 Å². The topological polar surface area (TPSA) is 121 Å². The lowest BCUT2D eigenvalue weighted by Crippen LogP contribution is -2.27. The fourth-order valence-corrected chi connectivity index (χ4v) is 3.42. The molecule has 2 heterocycles. The van der Waals surface area contributed by atoms with Gasteiger partial charge in [0.25, 0.3) is 21.8 Å². The lowest BCUT2D eigenvalue weighted by Gasteiger charge is -2.10. The number of imide groups is 1. The smallest absolute Gasteiger partial charge is 0.277 e. The minimum atomic E-state index is -3.87. The number of rotatable bonds is 5. The molecule has 1 aromatic carbocycles. The minimum absolute atomic E-state index is 0.00189. The molecule has 9 nitrogen and oxygen atoms in total. The van der Waals surface area contributed by atoms with E-state index in [-0.39, 0.29) is 16.5 Å². The Morgan fingerprint density at radius 1 is 1.00 bits per heavy atom. The molecule has 0 aliphatic carbocycles. The molecular formula is C17H17N5O4S. The molecule has 2 aromatic rings. The normalized spacial score (nSPS) is 14.3. The summed E-state index contributed by atoms with van der Waals surface area (Å²) in [6.45, 7) is 3.49. The molecule has 0 radical (unpaired) electrons. The van der Waals surface area contributed by atoms with Crippen LogP contribution in [-0.4, -0.2) is 42.1 Å². The van der Waals surface area contributed by atoms with E-state index in [1.807, 2.05) is 0 Å². The van der Waals surface area contributed by atoms with Gasteiger partial charge in [0.05, 0.1) is 4.90 Å². The first kappa shape index (κ1) is 18.5. The molecule has 0 fully saturated rings. The highest BCUT2D eigenvalue weighted by Crippen LogP contribution is 2.20. The van der Waals surface area contributed by atoms with Crippen molar-refractivity contribution in [2.24, 2.45) is 0 Å². The van der Waals surface area contributed by atoms with E-state index in [2.05, 4.69) is 20.0 Å². The van der Waals surface area contributed by atoms with E-state index in [0.29, 0.717) is 17.1 Å². The fourth-order valence-electron chi connectivity index (χ4n) is 2.48. The Kier molecular flexibility index (Phi) is 4.66. The van der Waals surface area contributed by atoms with Crippen molar-refractivity contribution in [3.8, 4) is 0 Å². The summed E-state index contributed by atoms with van der Waals surface area (Å²) in [5, 5.41) is 2.80. The highest BCUT2D eigenvalue weighted by atomic mass is 32.2. The van der Waals surface area contributed by atoms with E-state index in [4.69, 9.17) is 0 Å². The van der Waals surface area contributed by atoms with Gasteiger partial charge in [-0.3, -0.25) is 14.5 Å². The van der Waals surface area contributed by atoms with E-state index in [0.717, 1.165) is 4.90 Å². The van der Waals surface area contributed by atoms with Crippen LogP contribution < -0.4 is 10.0 Å². The zero-order valence-electron chi connectivity index (χ0n) is 14.8. The molecule has 0 atom stereocenters. The fraction of sp³-hybridized carbons (Fsp3) is 0.176. The molecule has 1 aliphatic rings. The van der Waals surface area contributed by atoms with Gasteiger partial charge < -0.3 is 5.32 Å². The lowest BCUT2D eigenvalue weighted by atomic mass is 10.3. The van der Waals surface area contributed by atoms with Crippen LogP contribution in [0.25, 0.3) is 0 Å². The predicted molar refractivity (Wildman–Crippen MR) is 98.2 cm³/mol. The number of hydrogen-bond donors (Lipinski definition) is 2. The van der Waals surface area contributed by atoms with Crippen LogP contribution in [0.5, 0.6) is 0 Å². The molecule has 0 saturated carbocycles. The Hall–Kier alpha value is -3.27. The summed E-state index contributed by atoms with van der Waals surface area (Å²) in [5.74, 6) is -0.873. The zero-order valence-corrected chi connectivity index (χ0v) is 15.7. The Balaban J connectivity index is 1.77. The van der Waals surface area contributed by atoms with Gasteiger partial charge in [-0.2, -0.15) is 0 Å². The lowest BCUT2D eigenvalue weighted by molar-refractivity contribution is -0.135. The number of benzene rings is 1. The molecule has 2 amide bonds. The van der Waals surface area contributed by atoms with Gasteiger partial charge in [0.15, 0.2) is 0 Å². The maximum Gasteiger partial charge on any atom is 0.277 e. The number of aromatic nitrogens is 2. The van der Waals surface area contributed by atoms with E-state index < -0.39 is 21.8 Å². The van der Waals surface area contributed by atoms with Crippen LogP contribution in [0.2, 0.25) is 0 Å². The third kappa shape index (κ3) is 3.95. The van der Waals surface area contributed by atoms with Crippen LogP contribution >= 0.6 is 0 Å². The zero-order chi connectivity index (χ0) is 19.8. The number of carbonyl (C=O) groups excluding carboxylic acids is 2. The van der Waals surface area contributed by atoms with E-state index >= 15 is 0 Å². The molecule has 0 saturated heterocycles. The Morgan fingerprint density at radius 3 is 2.11 bits per heavy atom. The van der Waals surface area contributed by atoms with Crippen molar-refractivity contribution in [1.82, 2.24) is 14.9 Å². The number of hydrogen-bond acceptors (Lipinski definition) is 7. The quantitative estimate of drug-likeness (QED) is 0.739. The molecule has 0 bridgehead atoms. The molecule has 140 valence electrons. The third-order valence-electron chi connectivity index (χ3n) is 3.78. The molecule has 27 heavy (non-hydrogen) atoms. The maximum atomic E-state index is 12.5. The summed E-state index contributed by atoms with van der Waals surface area (Å²) in [4.78, 5) is 32.4. The van der Waals surface area contributed by atoms with Crippen LogP contribution in [0.1, 0.15) is 11.4 Å². The molecule has 1 aromatic heterocycles. The maximum absolute atomic E-state index is 12.5. The molecule has 2 N–H and O–H groups in total. The molecular weight excluding hydrogens is 370 g/mol. The van der Waals surface area contributed by atoms with E-state index in [1.54, 1.807) is 19.9 Å². The highest BCUT2D eigenvalue weighted by molar-refractivity contribution is 7.92. The molecule has 0 unspecified atom stereocenters. The summed E-state index contributed by atoms with van der Waals surface area (Å²) < 4.78 is 27.3. The largest absolute Gasteiger partial charge is 0.351 e. The van der Waals surface area contributed by atoms with Gasteiger partial charge in [-0.1, -0.05) is 0 Å². The van der Waals surface area contributed by atoms with Crippen molar-refractivity contribution >= 4 is 33.5 Å². The van der Waals surface area contributed by atoms with Gasteiger partial charge in [-0.25, -0.2) is 23.1 Å². The second-order valence-electron chi connectivity index (χ2n) is 5.99. The number of carbonyl (C=O) groups is 2. The molecule has 10 heteroatoms. The second-order valence-corrected chi connectivity index (χ2v) is 7.67. The number of nitrogens with zero attached hydrogens (tertiary/aromatic N) is 3. The van der Waals surface area contributed by atoms with E-state index in [1.165, 1.54) is 37.4 Å². The van der Waals surface area contributed by atoms with E-state index in [9.17, 15) is 18.0 Å². The van der Waals surface area contributed by atoms with Crippen molar-refractivity contribution < 1.29 is 18.0 Å². The van der Waals surface area contributed by atoms with Crippen LogP contribution in [0.4, 0.5) is 11.6 Å². The van der Waals surface area contributed by atoms with Gasteiger partial charge in [0.1, 0.15) is 5.70 Å². The van der Waals surface area contributed by atoms with Crippen molar-refractivity contribution in [2.45, 2.75) is 18.7 Å². The summed E-state index contributed by atoms with van der Waals surface area (Å²) in [7, 11) is -2.48. The molecule has 3 rings (SSSR count). The van der Waals surface area contributed by atoms with Crippen molar-refractivity contribution in [2.75, 3.05) is 17.1 Å². The number of sulfonamides is 1. The minimum Gasteiger partial charge on any atom is -0.351 e. The van der Waals surface area contributed by atoms with Gasteiger partial charge in [-0.05, 0) is 44.2 Å². The van der Waals surface area contributed by atoms with Gasteiger partial charge in [0.2, 0.25) is 5.95 Å². The van der Waals surface area contributed by atoms with Crippen LogP contribution in [0.15, 0.2) is 47.0 Å². The van der Waals surface area contributed by atoms with Crippen molar-refractivity contribution in [1.29, 1.82) is 0 Å². The average Bonchev–Trinajstić information content (AvgIpc) is 2.81. The summed E-state index contributed by atoms with van der Waals surface area (Å²) in [6, 6.07) is 7.47. The van der Waals surface area contributed by atoms with Gasteiger partial charge in [0, 0.05) is 30.2 Å². The Morgan fingerprint density at radius 2 is 1.59 bits per heavy atom. The number of likely N-dealkylation sites (N-methyl/N-ethyl adjacent to an activating group) is 1. The van der Waals surface area contributed by atoms with Gasteiger partial charge >= 0.3 is 0 Å². The van der Waals surface area contributed by atoms with Crippen LogP contribution in [0, 0.1) is 13.8 Å². The second kappa shape index (κ2) is 6.80. The van der Waals surface area contributed by atoms with Crippen molar-refractivity contribution in [3.05, 3.63) is 53.5 Å². The summed E-state index contributed by atoms with van der Waals surface area (Å²) in [6.07, 6.45) is 1.19. The SMILES string of the molecule is Cc1cc(C)nc(NS(=O)(=O)c2ccc(NC3=CC(=O)N(C)C3=O)cc2)n1. The Bertz CT molecular complexity index is 1040. The first-order chi connectivity index (χ1) is 12.7. The molecule has 1 aliphatic heterocycles. The Labute approximate surface area is 156 Å². The first-order valence-electron chi connectivity index (χ1n) is 7.91. The number of anilines is 2. The average molecular weight is 387 g/mol. The summed E-state index contributed by atoms with van der Waals surface area (Å²) in [5.41, 5.74) is 1.89. The first-order valence-corrected chi connectivity index (χ1v) is 9.40. The molecule has 0 spiro atoms. The highest BCUT2D eigenvalue weighted by Gasteiger charge is 2.27.